The maximum absolute atomic E-state index is 12.8. The first-order valence-electron chi connectivity index (χ1n) is 11.0. The Labute approximate surface area is 164 Å². The van der Waals surface area contributed by atoms with E-state index in [4.69, 9.17) is 0 Å². The van der Waals surface area contributed by atoms with Gasteiger partial charge >= 0.3 is 0 Å². The number of hydrogen-bond acceptors (Lipinski definition) is 3. The Morgan fingerprint density at radius 3 is 2.33 bits per heavy atom. The lowest BCUT2D eigenvalue weighted by molar-refractivity contribution is -0.144. The molecule has 3 N–H and O–H groups in total. The Balaban J connectivity index is 1.70. The number of amides is 2. The van der Waals surface area contributed by atoms with Gasteiger partial charge < -0.3 is 15.7 Å². The van der Waals surface area contributed by atoms with Crippen molar-refractivity contribution in [1.82, 2.24) is 10.6 Å². The zero-order valence-corrected chi connectivity index (χ0v) is 17.5. The van der Waals surface area contributed by atoms with Crippen LogP contribution >= 0.6 is 0 Å². The van der Waals surface area contributed by atoms with E-state index in [1.807, 2.05) is 6.92 Å². The van der Waals surface area contributed by atoms with Gasteiger partial charge in [-0.2, -0.15) is 0 Å². The molecule has 27 heavy (non-hydrogen) atoms. The van der Waals surface area contributed by atoms with Gasteiger partial charge in [0.15, 0.2) is 0 Å². The molecule has 0 bridgehead atoms. The fourth-order valence-electron chi connectivity index (χ4n) is 6.36. The van der Waals surface area contributed by atoms with Crippen molar-refractivity contribution >= 4 is 11.8 Å². The number of carbonyl (C=O) groups is 2. The Morgan fingerprint density at radius 1 is 1.07 bits per heavy atom. The molecule has 7 atom stereocenters. The van der Waals surface area contributed by atoms with Gasteiger partial charge in [-0.15, -0.1) is 0 Å². The third-order valence-corrected chi connectivity index (χ3v) is 8.03. The van der Waals surface area contributed by atoms with Gasteiger partial charge in [-0.1, -0.05) is 33.6 Å². The van der Waals surface area contributed by atoms with Crippen LogP contribution < -0.4 is 10.6 Å². The molecule has 0 saturated heterocycles. The molecule has 3 fully saturated rings. The molecular formula is C22H38N2O3. The van der Waals surface area contributed by atoms with Crippen molar-refractivity contribution in [2.24, 2.45) is 29.1 Å². The summed E-state index contributed by atoms with van der Waals surface area (Å²) < 4.78 is 0. The Hall–Kier alpha value is -1.10. The lowest BCUT2D eigenvalue weighted by Crippen LogP contribution is -2.58. The van der Waals surface area contributed by atoms with Gasteiger partial charge in [0.25, 0.3) is 0 Å². The SMILES string of the molecule is CC(=O)N[C@H]1CC[C@]2(C)CC[C@H]([C@H](C)C(=O)NC3CCCC3)[C@H](O)[C@H]2[C@@H]1C. The minimum absolute atomic E-state index is 0.00149. The molecule has 3 aliphatic rings. The Bertz CT molecular complexity index is 560. The van der Waals surface area contributed by atoms with E-state index in [2.05, 4.69) is 24.5 Å². The van der Waals surface area contributed by atoms with Crippen LogP contribution in [0.15, 0.2) is 0 Å². The minimum atomic E-state index is -0.486. The summed E-state index contributed by atoms with van der Waals surface area (Å²) in [4.78, 5) is 24.4. The molecule has 0 spiro atoms. The van der Waals surface area contributed by atoms with Crippen LogP contribution in [0.2, 0.25) is 0 Å². The molecule has 0 aliphatic heterocycles. The summed E-state index contributed by atoms with van der Waals surface area (Å²) in [7, 11) is 0. The van der Waals surface area contributed by atoms with Crippen LogP contribution in [-0.2, 0) is 9.59 Å². The maximum atomic E-state index is 12.8. The van der Waals surface area contributed by atoms with Crippen LogP contribution in [0.4, 0.5) is 0 Å². The number of carbonyl (C=O) groups excluding carboxylic acids is 2. The van der Waals surface area contributed by atoms with Crippen molar-refractivity contribution in [3.8, 4) is 0 Å². The highest BCUT2D eigenvalue weighted by molar-refractivity contribution is 5.79. The molecule has 0 aromatic carbocycles. The smallest absolute Gasteiger partial charge is 0.223 e. The molecule has 5 nitrogen and oxygen atoms in total. The quantitative estimate of drug-likeness (QED) is 0.704. The van der Waals surface area contributed by atoms with Crippen LogP contribution in [0.3, 0.4) is 0 Å². The van der Waals surface area contributed by atoms with Crippen LogP contribution in [0.5, 0.6) is 0 Å². The normalized spacial score (nSPS) is 40.9. The number of nitrogens with one attached hydrogen (secondary N) is 2. The average molecular weight is 379 g/mol. The summed E-state index contributed by atoms with van der Waals surface area (Å²) >= 11 is 0. The van der Waals surface area contributed by atoms with Gasteiger partial charge in [-0.05, 0) is 61.7 Å². The number of aliphatic hydroxyl groups is 1. The molecule has 5 heteroatoms. The predicted octanol–water partition coefficient (Wildman–Crippen LogP) is 3.01. The van der Waals surface area contributed by atoms with E-state index in [9.17, 15) is 14.7 Å². The first-order chi connectivity index (χ1) is 12.7. The highest BCUT2D eigenvalue weighted by Gasteiger charge is 2.53. The largest absolute Gasteiger partial charge is 0.392 e. The van der Waals surface area contributed by atoms with E-state index in [1.165, 1.54) is 12.8 Å². The molecule has 0 radical (unpaired) electrons. The van der Waals surface area contributed by atoms with E-state index < -0.39 is 6.10 Å². The summed E-state index contributed by atoms with van der Waals surface area (Å²) in [5, 5.41) is 17.6. The molecule has 3 saturated carbocycles. The van der Waals surface area contributed by atoms with E-state index in [0.29, 0.717) is 6.04 Å². The van der Waals surface area contributed by atoms with E-state index in [1.54, 1.807) is 6.92 Å². The van der Waals surface area contributed by atoms with Crippen molar-refractivity contribution in [3.63, 3.8) is 0 Å². The number of hydrogen-bond donors (Lipinski definition) is 3. The number of aliphatic hydroxyl groups excluding tert-OH is 1. The van der Waals surface area contributed by atoms with Crippen molar-refractivity contribution in [2.45, 2.75) is 97.2 Å². The fraction of sp³-hybridized carbons (Fsp3) is 0.909. The monoisotopic (exact) mass is 378 g/mol. The molecule has 0 aromatic heterocycles. The first-order valence-corrected chi connectivity index (χ1v) is 11.0. The molecule has 3 rings (SSSR count). The number of rotatable bonds is 4. The zero-order chi connectivity index (χ0) is 19.8. The van der Waals surface area contributed by atoms with E-state index in [0.717, 1.165) is 38.5 Å². The molecule has 0 aromatic rings. The molecule has 0 unspecified atom stereocenters. The summed E-state index contributed by atoms with van der Waals surface area (Å²) in [6, 6.07) is 0.445. The highest BCUT2D eigenvalue weighted by Crippen LogP contribution is 2.55. The van der Waals surface area contributed by atoms with Gasteiger partial charge in [0.1, 0.15) is 0 Å². The lowest BCUT2D eigenvalue weighted by Gasteiger charge is -2.56. The third-order valence-electron chi connectivity index (χ3n) is 8.03. The van der Waals surface area contributed by atoms with Crippen LogP contribution in [0.25, 0.3) is 0 Å². The molecule has 0 heterocycles. The second kappa shape index (κ2) is 8.10. The van der Waals surface area contributed by atoms with Crippen molar-refractivity contribution in [2.75, 3.05) is 0 Å². The van der Waals surface area contributed by atoms with Gasteiger partial charge in [-0.25, -0.2) is 0 Å². The standard InChI is InChI=1S/C22H38N2O3/c1-13(21(27)24-16-7-5-6-8-16)17-9-11-22(4)12-10-18(23-15(3)25)14(2)19(22)20(17)26/h13-14,16-20,26H,5-12H2,1-4H3,(H,23,25)(H,24,27)/t13-,14+,17+,18-,19+,20-,22-/m0/s1. The van der Waals surface area contributed by atoms with Crippen molar-refractivity contribution in [1.29, 1.82) is 0 Å². The molecule has 2 amide bonds. The summed E-state index contributed by atoms with van der Waals surface area (Å²) in [6.45, 7) is 8.01. The Kier molecular flexibility index (Phi) is 6.19. The maximum Gasteiger partial charge on any atom is 0.223 e. The first kappa shape index (κ1) is 20.6. The lowest BCUT2D eigenvalue weighted by atomic mass is 9.51. The van der Waals surface area contributed by atoms with E-state index >= 15 is 0 Å². The second-order valence-corrected chi connectivity index (χ2v) is 9.86. The fourth-order valence-corrected chi connectivity index (χ4v) is 6.36. The van der Waals surface area contributed by atoms with Crippen molar-refractivity contribution < 1.29 is 14.7 Å². The summed E-state index contributed by atoms with van der Waals surface area (Å²) in [5.74, 6) is 0.290. The Morgan fingerprint density at radius 2 is 1.70 bits per heavy atom. The summed E-state index contributed by atoms with van der Waals surface area (Å²) in [6.07, 6.45) is 8.05. The van der Waals surface area contributed by atoms with E-state index in [-0.39, 0.29) is 46.9 Å². The third kappa shape index (κ3) is 4.18. The molecular weight excluding hydrogens is 340 g/mol. The highest BCUT2D eigenvalue weighted by atomic mass is 16.3. The second-order valence-electron chi connectivity index (χ2n) is 9.86. The van der Waals surface area contributed by atoms with Crippen LogP contribution in [-0.4, -0.2) is 35.1 Å². The molecule has 3 aliphatic carbocycles. The average Bonchev–Trinajstić information content (AvgIpc) is 3.10. The topological polar surface area (TPSA) is 78.4 Å². The number of fused-ring (bicyclic) bond motifs is 1. The van der Waals surface area contributed by atoms with Gasteiger partial charge in [0.05, 0.1) is 6.10 Å². The van der Waals surface area contributed by atoms with Gasteiger partial charge in [0, 0.05) is 24.9 Å². The predicted molar refractivity (Wildman–Crippen MR) is 106 cm³/mol. The van der Waals surface area contributed by atoms with Crippen LogP contribution in [0, 0.1) is 29.1 Å². The molecule has 154 valence electrons. The van der Waals surface area contributed by atoms with Crippen molar-refractivity contribution in [3.05, 3.63) is 0 Å². The zero-order valence-electron chi connectivity index (χ0n) is 17.5. The summed E-state index contributed by atoms with van der Waals surface area (Å²) in [5.41, 5.74) is 0.103. The van der Waals surface area contributed by atoms with Gasteiger partial charge in [0.2, 0.25) is 11.8 Å². The van der Waals surface area contributed by atoms with Crippen LogP contribution in [0.1, 0.15) is 79.1 Å². The van der Waals surface area contributed by atoms with Gasteiger partial charge in [-0.3, -0.25) is 9.59 Å². The minimum Gasteiger partial charge on any atom is -0.392 e.